The van der Waals surface area contributed by atoms with Gasteiger partial charge in [-0.2, -0.15) is 0 Å². The minimum absolute atomic E-state index is 0.144. The number of nitrogens with zero attached hydrogens (tertiary/aromatic N) is 2. The summed E-state index contributed by atoms with van der Waals surface area (Å²) in [6, 6.07) is 0. The van der Waals surface area contributed by atoms with Gasteiger partial charge >= 0.3 is 0 Å². The summed E-state index contributed by atoms with van der Waals surface area (Å²) in [6.45, 7) is 4.37. The first-order chi connectivity index (χ1) is 8.05. The van der Waals surface area contributed by atoms with E-state index in [0.29, 0.717) is 0 Å². The molecule has 0 amide bonds. The topological polar surface area (TPSA) is 46.0 Å². The van der Waals surface area contributed by atoms with Crippen molar-refractivity contribution in [2.24, 2.45) is 5.41 Å². The van der Waals surface area contributed by atoms with Crippen LogP contribution in [-0.2, 0) is 6.42 Å². The highest BCUT2D eigenvalue weighted by Crippen LogP contribution is 2.44. The fraction of sp³-hybridized carbons (Fsp3) is 0.500. The van der Waals surface area contributed by atoms with E-state index in [0.717, 1.165) is 33.3 Å². The zero-order valence-corrected chi connectivity index (χ0v) is 11.4. The highest BCUT2D eigenvalue weighted by Gasteiger charge is 2.34. The van der Waals surface area contributed by atoms with Gasteiger partial charge < -0.3 is 5.11 Å². The number of aliphatic hydroxyl groups excluding tert-OH is 1. The Hall–Kier alpha value is -0.780. The lowest BCUT2D eigenvalue weighted by atomic mass is 9.77. The Labute approximate surface area is 108 Å². The minimum atomic E-state index is -0.354. The summed E-state index contributed by atoms with van der Waals surface area (Å²) in [4.78, 5) is 10.9. The third-order valence-electron chi connectivity index (χ3n) is 3.07. The molecule has 2 aromatic rings. The normalized spacial score (nSPS) is 22.4. The van der Waals surface area contributed by atoms with Crippen molar-refractivity contribution in [2.45, 2.75) is 32.8 Å². The molecule has 0 aromatic carbocycles. The largest absolute Gasteiger partial charge is 0.387 e. The van der Waals surface area contributed by atoms with Crippen molar-refractivity contribution >= 4 is 22.7 Å². The van der Waals surface area contributed by atoms with E-state index >= 15 is 0 Å². The second-order valence-corrected chi connectivity index (χ2v) is 7.17. The fourth-order valence-corrected chi connectivity index (χ4v) is 4.06. The molecule has 3 rings (SSSR count). The number of rotatable bonds is 1. The molecule has 0 saturated heterocycles. The van der Waals surface area contributed by atoms with Gasteiger partial charge in [0.15, 0.2) is 0 Å². The number of hydrogen-bond acceptors (Lipinski definition) is 5. The Morgan fingerprint density at radius 2 is 2.29 bits per heavy atom. The molecule has 90 valence electrons. The molecule has 2 aromatic heterocycles. The zero-order chi connectivity index (χ0) is 12.0. The quantitative estimate of drug-likeness (QED) is 0.861. The average Bonchev–Trinajstić information content (AvgIpc) is 2.81. The molecule has 0 spiro atoms. The lowest BCUT2D eigenvalue weighted by molar-refractivity contribution is 0.102. The van der Waals surface area contributed by atoms with Gasteiger partial charge in [0.25, 0.3) is 0 Å². The Bertz CT molecular complexity index is 531. The molecular weight excluding hydrogens is 252 g/mol. The van der Waals surface area contributed by atoms with E-state index in [-0.39, 0.29) is 11.5 Å². The van der Waals surface area contributed by atoms with Crippen LogP contribution in [0.15, 0.2) is 11.7 Å². The molecule has 1 aliphatic carbocycles. The van der Waals surface area contributed by atoms with Crippen molar-refractivity contribution in [2.75, 3.05) is 0 Å². The third-order valence-corrected chi connectivity index (χ3v) is 5.21. The van der Waals surface area contributed by atoms with E-state index in [4.69, 9.17) is 0 Å². The van der Waals surface area contributed by atoms with Gasteiger partial charge in [0.05, 0.1) is 27.1 Å². The van der Waals surface area contributed by atoms with Crippen molar-refractivity contribution in [3.63, 3.8) is 0 Å². The monoisotopic (exact) mass is 266 g/mol. The first-order valence-corrected chi connectivity index (χ1v) is 7.31. The minimum Gasteiger partial charge on any atom is -0.387 e. The summed E-state index contributed by atoms with van der Waals surface area (Å²) >= 11 is 3.21. The van der Waals surface area contributed by atoms with Crippen LogP contribution in [0.1, 0.15) is 36.9 Å². The molecule has 1 aliphatic rings. The molecule has 0 saturated carbocycles. The van der Waals surface area contributed by atoms with Gasteiger partial charge in [-0.3, -0.25) is 4.98 Å². The molecule has 0 radical (unpaired) electrons. The maximum atomic E-state index is 10.2. The van der Waals surface area contributed by atoms with E-state index in [1.807, 2.05) is 11.7 Å². The molecule has 0 fully saturated rings. The molecule has 1 unspecified atom stereocenters. The lowest BCUT2D eigenvalue weighted by Gasteiger charge is -2.31. The summed E-state index contributed by atoms with van der Waals surface area (Å²) < 4.78 is 0. The van der Waals surface area contributed by atoms with E-state index in [2.05, 4.69) is 23.8 Å². The fourth-order valence-electron chi connectivity index (χ4n) is 2.32. The highest BCUT2D eigenvalue weighted by atomic mass is 32.1. The van der Waals surface area contributed by atoms with Crippen molar-refractivity contribution < 1.29 is 5.11 Å². The Balaban J connectivity index is 2.04. The molecule has 0 aliphatic heterocycles. The van der Waals surface area contributed by atoms with E-state index in [9.17, 15) is 5.11 Å². The van der Waals surface area contributed by atoms with Crippen LogP contribution in [0.25, 0.3) is 9.88 Å². The molecular formula is C12H14N2OS2. The Kier molecular flexibility index (Phi) is 2.57. The predicted molar refractivity (Wildman–Crippen MR) is 70.3 cm³/mol. The average molecular weight is 266 g/mol. The van der Waals surface area contributed by atoms with Crippen molar-refractivity contribution in [3.05, 3.63) is 22.3 Å². The summed E-state index contributed by atoms with van der Waals surface area (Å²) in [7, 11) is 0. The molecule has 17 heavy (non-hydrogen) atoms. The van der Waals surface area contributed by atoms with Gasteiger partial charge in [-0.15, -0.1) is 22.7 Å². The van der Waals surface area contributed by atoms with E-state index in [1.165, 1.54) is 0 Å². The molecule has 5 heteroatoms. The van der Waals surface area contributed by atoms with Crippen LogP contribution in [-0.4, -0.2) is 15.1 Å². The maximum Gasteiger partial charge on any atom is 0.135 e. The molecule has 0 bridgehead atoms. The number of thiazole rings is 2. The lowest BCUT2D eigenvalue weighted by Crippen LogP contribution is -2.24. The smallest absolute Gasteiger partial charge is 0.135 e. The summed E-state index contributed by atoms with van der Waals surface area (Å²) in [5, 5.41) is 11.2. The maximum absolute atomic E-state index is 10.2. The van der Waals surface area contributed by atoms with Crippen LogP contribution in [0.3, 0.4) is 0 Å². The summed E-state index contributed by atoms with van der Waals surface area (Å²) in [6.07, 6.45) is 3.26. The van der Waals surface area contributed by atoms with Gasteiger partial charge in [0, 0.05) is 6.20 Å². The van der Waals surface area contributed by atoms with Crippen molar-refractivity contribution in [1.82, 2.24) is 9.97 Å². The van der Waals surface area contributed by atoms with Crippen molar-refractivity contribution in [3.8, 4) is 9.88 Å². The number of aliphatic hydroxyl groups is 1. The number of fused-ring (bicyclic) bond motifs is 1. The first-order valence-electron chi connectivity index (χ1n) is 5.62. The molecule has 2 heterocycles. The summed E-state index contributed by atoms with van der Waals surface area (Å²) in [5.41, 5.74) is 3.03. The predicted octanol–water partition coefficient (Wildman–Crippen LogP) is 3.27. The standard InChI is InChI=1S/C12H14N2OS2/c1-12(2)3-7-10(8(15)4-12)17-11(14-7)9-5-13-6-16-9/h5-6,8,15H,3-4H2,1-2H3. The van der Waals surface area contributed by atoms with Gasteiger partial charge in [-0.1, -0.05) is 13.8 Å². The molecule has 1 atom stereocenters. The van der Waals surface area contributed by atoms with Gasteiger partial charge in [-0.25, -0.2) is 4.98 Å². The Morgan fingerprint density at radius 1 is 1.47 bits per heavy atom. The SMILES string of the molecule is CC1(C)Cc2nc(-c3cncs3)sc2C(O)C1. The van der Waals surface area contributed by atoms with E-state index < -0.39 is 0 Å². The second kappa shape index (κ2) is 3.86. The second-order valence-electron chi connectivity index (χ2n) is 5.26. The Morgan fingerprint density at radius 3 is 3.00 bits per heavy atom. The molecule has 3 nitrogen and oxygen atoms in total. The zero-order valence-electron chi connectivity index (χ0n) is 9.80. The van der Waals surface area contributed by atoms with Crippen LogP contribution in [0.4, 0.5) is 0 Å². The van der Waals surface area contributed by atoms with Gasteiger partial charge in [0.1, 0.15) is 5.01 Å². The van der Waals surface area contributed by atoms with Crippen LogP contribution < -0.4 is 0 Å². The van der Waals surface area contributed by atoms with Crippen LogP contribution in [0.2, 0.25) is 0 Å². The van der Waals surface area contributed by atoms with Crippen LogP contribution in [0, 0.1) is 5.41 Å². The first kappa shape index (κ1) is 11.3. The van der Waals surface area contributed by atoms with E-state index in [1.54, 1.807) is 22.7 Å². The third kappa shape index (κ3) is 2.03. The number of aromatic nitrogens is 2. The van der Waals surface area contributed by atoms with Gasteiger partial charge in [-0.05, 0) is 18.3 Å². The van der Waals surface area contributed by atoms with Crippen LogP contribution in [0.5, 0.6) is 0 Å². The van der Waals surface area contributed by atoms with Gasteiger partial charge in [0.2, 0.25) is 0 Å². The highest BCUT2D eigenvalue weighted by molar-refractivity contribution is 7.20. The number of hydrogen-bond donors (Lipinski definition) is 1. The van der Waals surface area contributed by atoms with Crippen LogP contribution >= 0.6 is 22.7 Å². The van der Waals surface area contributed by atoms with Crippen molar-refractivity contribution in [1.29, 1.82) is 0 Å². The molecule has 1 N–H and O–H groups in total. The summed E-state index contributed by atoms with van der Waals surface area (Å²) in [5.74, 6) is 0.